The number of Topliss-reactive ketones (excluding diaryl/α,β-unsaturated/α-hetero) is 1. The zero-order valence-corrected chi connectivity index (χ0v) is 20.7. The summed E-state index contributed by atoms with van der Waals surface area (Å²) in [5.41, 5.74) is 2.98. The van der Waals surface area contributed by atoms with Crippen LogP contribution in [-0.4, -0.2) is 15.8 Å². The molecule has 0 N–H and O–H groups in total. The Bertz CT molecular complexity index is 752. The van der Waals surface area contributed by atoms with E-state index in [0.29, 0.717) is 6.42 Å². The summed E-state index contributed by atoms with van der Waals surface area (Å²) in [6, 6.07) is 7.79. The molecule has 0 saturated carbocycles. The molecule has 2 aromatic rings. The van der Waals surface area contributed by atoms with Gasteiger partial charge < -0.3 is 0 Å². The van der Waals surface area contributed by atoms with Crippen LogP contribution < -0.4 is 0 Å². The van der Waals surface area contributed by atoms with Crippen LogP contribution in [0, 0.1) is 5.92 Å². The number of rotatable bonds is 17. The molecule has 0 aliphatic rings. The molecule has 3 heteroatoms. The summed E-state index contributed by atoms with van der Waals surface area (Å²) >= 11 is 0. The van der Waals surface area contributed by atoms with Crippen LogP contribution in [0.4, 0.5) is 0 Å². The quantitative estimate of drug-likeness (QED) is 0.184. The molecule has 0 fully saturated rings. The monoisotopic (exact) mass is 436 g/mol. The third kappa shape index (κ3) is 10.1. The lowest BCUT2D eigenvalue weighted by Gasteiger charge is -2.07. The van der Waals surface area contributed by atoms with Crippen LogP contribution in [0.25, 0.3) is 11.4 Å². The Hall–Kier alpha value is -2.03. The Morgan fingerprint density at radius 1 is 0.812 bits per heavy atom. The van der Waals surface area contributed by atoms with Crippen molar-refractivity contribution in [2.24, 2.45) is 5.92 Å². The molecule has 0 radical (unpaired) electrons. The zero-order valence-electron chi connectivity index (χ0n) is 20.7. The van der Waals surface area contributed by atoms with Gasteiger partial charge in [0, 0.05) is 29.9 Å². The van der Waals surface area contributed by atoms with Gasteiger partial charge in [-0.25, -0.2) is 9.97 Å². The average Bonchev–Trinajstić information content (AvgIpc) is 2.83. The second-order valence-electron chi connectivity index (χ2n) is 9.40. The number of carbonyl (C=O) groups is 1. The van der Waals surface area contributed by atoms with Gasteiger partial charge in [0.15, 0.2) is 11.6 Å². The van der Waals surface area contributed by atoms with Gasteiger partial charge >= 0.3 is 0 Å². The van der Waals surface area contributed by atoms with E-state index in [-0.39, 0.29) is 5.78 Å². The molecule has 3 nitrogen and oxygen atoms in total. The Labute approximate surface area is 196 Å². The van der Waals surface area contributed by atoms with Crippen molar-refractivity contribution in [3.05, 3.63) is 47.8 Å². The number of ketones is 1. The van der Waals surface area contributed by atoms with Crippen LogP contribution in [-0.2, 0) is 6.42 Å². The molecular formula is C29H44N2O. The van der Waals surface area contributed by atoms with Gasteiger partial charge in [-0.3, -0.25) is 4.79 Å². The third-order valence-corrected chi connectivity index (χ3v) is 6.54. The first-order valence-electron chi connectivity index (χ1n) is 13.1. The summed E-state index contributed by atoms with van der Waals surface area (Å²) in [4.78, 5) is 21.6. The van der Waals surface area contributed by atoms with E-state index in [4.69, 9.17) is 0 Å². The van der Waals surface area contributed by atoms with Crippen LogP contribution in [0.2, 0.25) is 0 Å². The topological polar surface area (TPSA) is 42.9 Å². The number of benzene rings is 1. The van der Waals surface area contributed by atoms with E-state index in [1.54, 1.807) is 0 Å². The van der Waals surface area contributed by atoms with Crippen molar-refractivity contribution in [2.75, 3.05) is 0 Å². The molecule has 0 aliphatic carbocycles. The lowest BCUT2D eigenvalue weighted by Crippen LogP contribution is -2.00. The van der Waals surface area contributed by atoms with Crippen LogP contribution in [0.15, 0.2) is 36.7 Å². The van der Waals surface area contributed by atoms with Crippen LogP contribution in [0.1, 0.15) is 120 Å². The maximum atomic E-state index is 12.4. The van der Waals surface area contributed by atoms with Gasteiger partial charge in [-0.05, 0) is 30.7 Å². The molecule has 1 aromatic carbocycles. The van der Waals surface area contributed by atoms with Gasteiger partial charge in [0.25, 0.3) is 0 Å². The molecule has 1 heterocycles. The van der Waals surface area contributed by atoms with Gasteiger partial charge in [-0.15, -0.1) is 0 Å². The van der Waals surface area contributed by atoms with Gasteiger partial charge in [0.2, 0.25) is 0 Å². The van der Waals surface area contributed by atoms with Gasteiger partial charge in [-0.2, -0.15) is 0 Å². The maximum absolute atomic E-state index is 12.4. The second kappa shape index (κ2) is 15.7. The van der Waals surface area contributed by atoms with Crippen molar-refractivity contribution in [1.82, 2.24) is 9.97 Å². The fraction of sp³-hybridized carbons (Fsp3) is 0.621. The largest absolute Gasteiger partial charge is 0.294 e. The highest BCUT2D eigenvalue weighted by Crippen LogP contribution is 2.19. The molecule has 0 bridgehead atoms. The minimum Gasteiger partial charge on any atom is -0.294 e. The number of unbranched alkanes of at least 4 members (excludes halogenated alkanes) is 8. The summed E-state index contributed by atoms with van der Waals surface area (Å²) in [5, 5.41) is 0. The van der Waals surface area contributed by atoms with E-state index >= 15 is 0 Å². The van der Waals surface area contributed by atoms with E-state index in [0.717, 1.165) is 42.1 Å². The molecule has 1 aromatic heterocycles. The number of aryl methyl sites for hydroxylation is 1. The first-order valence-corrected chi connectivity index (χ1v) is 13.1. The third-order valence-electron chi connectivity index (χ3n) is 6.54. The number of nitrogens with zero attached hydrogens (tertiary/aromatic N) is 2. The van der Waals surface area contributed by atoms with Crippen molar-refractivity contribution >= 4 is 5.78 Å². The Kier molecular flexibility index (Phi) is 12.9. The zero-order chi connectivity index (χ0) is 23.0. The predicted octanol–water partition coefficient (Wildman–Crippen LogP) is 8.62. The highest BCUT2D eigenvalue weighted by Gasteiger charge is 2.08. The predicted molar refractivity (Wildman–Crippen MR) is 136 cm³/mol. The molecule has 0 saturated heterocycles. The highest BCUT2D eigenvalue weighted by atomic mass is 16.1. The first-order chi connectivity index (χ1) is 15.6. The van der Waals surface area contributed by atoms with Crippen molar-refractivity contribution in [3.8, 4) is 11.4 Å². The summed E-state index contributed by atoms with van der Waals surface area (Å²) in [7, 11) is 0. The number of hydrogen-bond donors (Lipinski definition) is 0. The van der Waals surface area contributed by atoms with E-state index in [9.17, 15) is 4.79 Å². The molecule has 0 amide bonds. The molecule has 1 atom stereocenters. The number of hydrogen-bond acceptors (Lipinski definition) is 3. The fourth-order valence-corrected chi connectivity index (χ4v) is 4.03. The minimum atomic E-state index is 0.238. The highest BCUT2D eigenvalue weighted by molar-refractivity contribution is 5.96. The van der Waals surface area contributed by atoms with Crippen LogP contribution >= 0.6 is 0 Å². The van der Waals surface area contributed by atoms with Crippen LogP contribution in [0.3, 0.4) is 0 Å². The smallest absolute Gasteiger partial charge is 0.162 e. The lowest BCUT2D eigenvalue weighted by molar-refractivity contribution is 0.0978. The molecule has 32 heavy (non-hydrogen) atoms. The SMILES string of the molecule is CCCCCCCCCCc1cnc(-c2ccc(C(=O)CCCCC(C)CC)cc2)nc1. The van der Waals surface area contributed by atoms with E-state index in [1.165, 1.54) is 69.8 Å². The Morgan fingerprint density at radius 3 is 2.06 bits per heavy atom. The molecule has 0 spiro atoms. The number of aromatic nitrogens is 2. The average molecular weight is 437 g/mol. The van der Waals surface area contributed by atoms with Gasteiger partial charge in [-0.1, -0.05) is 109 Å². The van der Waals surface area contributed by atoms with Crippen molar-refractivity contribution < 1.29 is 4.79 Å². The normalized spacial score (nSPS) is 12.1. The Balaban J connectivity index is 1.71. The summed E-state index contributed by atoms with van der Waals surface area (Å²) in [6.07, 6.45) is 20.8. The second-order valence-corrected chi connectivity index (χ2v) is 9.40. The molecular weight excluding hydrogens is 392 g/mol. The minimum absolute atomic E-state index is 0.238. The van der Waals surface area contributed by atoms with Crippen LogP contribution in [0.5, 0.6) is 0 Å². The molecule has 0 aliphatic heterocycles. The lowest BCUT2D eigenvalue weighted by atomic mass is 9.98. The van der Waals surface area contributed by atoms with Crippen molar-refractivity contribution in [1.29, 1.82) is 0 Å². The molecule has 2 rings (SSSR count). The van der Waals surface area contributed by atoms with E-state index in [1.807, 2.05) is 36.7 Å². The first kappa shape index (κ1) is 26.2. The summed E-state index contributed by atoms with van der Waals surface area (Å²) in [6.45, 7) is 6.78. The van der Waals surface area contributed by atoms with E-state index < -0.39 is 0 Å². The Morgan fingerprint density at radius 2 is 1.44 bits per heavy atom. The number of carbonyl (C=O) groups excluding carboxylic acids is 1. The van der Waals surface area contributed by atoms with Crippen molar-refractivity contribution in [2.45, 2.75) is 111 Å². The standard InChI is InChI=1S/C29H44N2O/c1-4-6-7-8-9-10-11-12-16-25-22-30-29(31-23-25)27-20-18-26(19-21-27)28(32)17-14-13-15-24(3)5-2/h18-24H,4-17H2,1-3H3. The fourth-order valence-electron chi connectivity index (χ4n) is 4.03. The van der Waals surface area contributed by atoms with E-state index in [2.05, 4.69) is 30.7 Å². The molecule has 1 unspecified atom stereocenters. The molecule has 176 valence electrons. The van der Waals surface area contributed by atoms with Gasteiger partial charge in [0.05, 0.1) is 0 Å². The maximum Gasteiger partial charge on any atom is 0.162 e. The summed E-state index contributed by atoms with van der Waals surface area (Å²) < 4.78 is 0. The van der Waals surface area contributed by atoms with Gasteiger partial charge in [0.1, 0.15) is 0 Å². The summed E-state index contributed by atoms with van der Waals surface area (Å²) in [5.74, 6) is 1.73. The van der Waals surface area contributed by atoms with Crippen molar-refractivity contribution in [3.63, 3.8) is 0 Å².